The van der Waals surface area contributed by atoms with Crippen LogP contribution in [0.15, 0.2) is 42.5 Å². The Balaban J connectivity index is 0.00000131. The molecule has 5 N–H and O–H groups in total. The first kappa shape index (κ1) is 24.0. The zero-order valence-electron chi connectivity index (χ0n) is 15.7. The van der Waals surface area contributed by atoms with Gasteiger partial charge in [0.2, 0.25) is 5.91 Å². The smallest absolute Gasteiger partial charge is 0.224 e. The van der Waals surface area contributed by atoms with Crippen LogP contribution >= 0.6 is 24.8 Å². The monoisotopic (exact) mass is 426 g/mol. The standard InChI is InChI=1S/C20H24N4O.2ClH.H2O/c21-16-6-4-15(5-7-16)14-23-10-12-24(13-11-23)19-3-1-2-18-17(19)8-9-20(25)22-18;;;/h1-7H,8-14,21H2,(H,22,25);2*1H;1H2. The molecule has 1 amide bonds. The van der Waals surface area contributed by atoms with Crippen molar-refractivity contribution in [2.75, 3.05) is 42.1 Å². The van der Waals surface area contributed by atoms with Crippen molar-refractivity contribution in [1.82, 2.24) is 4.90 Å². The van der Waals surface area contributed by atoms with Crippen molar-refractivity contribution >= 4 is 47.8 Å². The second kappa shape index (κ2) is 10.5. The molecule has 0 atom stereocenters. The minimum atomic E-state index is 0. The van der Waals surface area contributed by atoms with Crippen molar-refractivity contribution in [3.63, 3.8) is 0 Å². The topological polar surface area (TPSA) is 93.1 Å². The highest BCUT2D eigenvalue weighted by Gasteiger charge is 2.23. The minimum Gasteiger partial charge on any atom is -0.412 e. The third-order valence-corrected chi connectivity index (χ3v) is 5.13. The lowest BCUT2D eigenvalue weighted by molar-refractivity contribution is -0.116. The quantitative estimate of drug-likeness (QED) is 0.737. The van der Waals surface area contributed by atoms with E-state index in [0.29, 0.717) is 6.42 Å². The SMILES string of the molecule is Cl.Cl.Nc1ccc(CN2CCN(c3cccc4c3CCC(=O)N4)CC2)cc1.O. The third kappa shape index (κ3) is 5.29. The van der Waals surface area contributed by atoms with E-state index in [4.69, 9.17) is 5.73 Å². The highest BCUT2D eigenvalue weighted by molar-refractivity contribution is 5.95. The Morgan fingerprint density at radius 2 is 1.61 bits per heavy atom. The Kier molecular flexibility index (Phi) is 9.04. The van der Waals surface area contributed by atoms with Crippen LogP contribution in [0.3, 0.4) is 0 Å². The summed E-state index contributed by atoms with van der Waals surface area (Å²) in [5.74, 6) is 0.123. The number of rotatable bonds is 3. The molecule has 2 heterocycles. The van der Waals surface area contributed by atoms with E-state index >= 15 is 0 Å². The average Bonchev–Trinajstić information content (AvgIpc) is 2.63. The summed E-state index contributed by atoms with van der Waals surface area (Å²) < 4.78 is 0. The fourth-order valence-electron chi connectivity index (χ4n) is 3.73. The number of nitrogens with one attached hydrogen (secondary N) is 1. The Morgan fingerprint density at radius 1 is 0.929 bits per heavy atom. The molecular weight excluding hydrogens is 399 g/mol. The Morgan fingerprint density at radius 3 is 2.29 bits per heavy atom. The maximum atomic E-state index is 11.6. The van der Waals surface area contributed by atoms with Gasteiger partial charge in [-0.25, -0.2) is 0 Å². The molecule has 1 saturated heterocycles. The highest BCUT2D eigenvalue weighted by atomic mass is 35.5. The summed E-state index contributed by atoms with van der Waals surface area (Å²) in [5.41, 5.74) is 11.4. The molecule has 2 aliphatic rings. The molecule has 1 fully saturated rings. The number of nitrogens with zero attached hydrogens (tertiary/aromatic N) is 2. The first-order valence-corrected chi connectivity index (χ1v) is 8.92. The van der Waals surface area contributed by atoms with Crippen molar-refractivity contribution in [2.45, 2.75) is 19.4 Å². The average molecular weight is 427 g/mol. The number of amides is 1. The molecule has 0 saturated carbocycles. The van der Waals surface area contributed by atoms with Gasteiger partial charge in [-0.3, -0.25) is 9.69 Å². The number of anilines is 3. The van der Waals surface area contributed by atoms with Crippen molar-refractivity contribution in [3.05, 3.63) is 53.6 Å². The molecule has 2 aromatic carbocycles. The maximum absolute atomic E-state index is 11.6. The molecule has 0 radical (unpaired) electrons. The number of fused-ring (bicyclic) bond motifs is 1. The molecule has 0 aliphatic carbocycles. The van der Waals surface area contributed by atoms with Gasteiger partial charge in [-0.05, 0) is 41.8 Å². The number of carbonyl (C=O) groups is 1. The van der Waals surface area contributed by atoms with Crippen LogP contribution in [0, 0.1) is 0 Å². The highest BCUT2D eigenvalue weighted by Crippen LogP contribution is 2.32. The van der Waals surface area contributed by atoms with E-state index in [9.17, 15) is 4.79 Å². The van der Waals surface area contributed by atoms with Gasteiger partial charge in [0.1, 0.15) is 0 Å². The number of halogens is 2. The molecule has 0 unspecified atom stereocenters. The Hall–Kier alpha value is -1.99. The lowest BCUT2D eigenvalue weighted by Crippen LogP contribution is -2.46. The van der Waals surface area contributed by atoms with Crippen molar-refractivity contribution in [3.8, 4) is 0 Å². The first-order valence-electron chi connectivity index (χ1n) is 8.92. The summed E-state index contributed by atoms with van der Waals surface area (Å²) >= 11 is 0. The van der Waals surface area contributed by atoms with Crippen LogP contribution in [0.4, 0.5) is 17.1 Å². The van der Waals surface area contributed by atoms with Crippen LogP contribution in [0.25, 0.3) is 0 Å². The van der Waals surface area contributed by atoms with Gasteiger partial charge in [-0.15, -0.1) is 24.8 Å². The molecule has 0 spiro atoms. The molecule has 2 aromatic rings. The van der Waals surface area contributed by atoms with E-state index in [1.54, 1.807) is 0 Å². The van der Waals surface area contributed by atoms with Gasteiger partial charge in [-0.1, -0.05) is 18.2 Å². The van der Waals surface area contributed by atoms with Crippen molar-refractivity contribution in [1.29, 1.82) is 0 Å². The van der Waals surface area contributed by atoms with Gasteiger partial charge < -0.3 is 21.4 Å². The first-order chi connectivity index (χ1) is 12.2. The predicted octanol–water partition coefficient (Wildman–Crippen LogP) is 2.49. The molecule has 6 nitrogen and oxygen atoms in total. The van der Waals surface area contributed by atoms with E-state index < -0.39 is 0 Å². The summed E-state index contributed by atoms with van der Waals surface area (Å²) in [6, 6.07) is 14.4. The van der Waals surface area contributed by atoms with Crippen LogP contribution in [-0.4, -0.2) is 42.5 Å². The number of hydrogen-bond acceptors (Lipinski definition) is 4. The molecule has 28 heavy (non-hydrogen) atoms. The zero-order chi connectivity index (χ0) is 17.2. The van der Waals surface area contributed by atoms with Gasteiger partial charge in [0.05, 0.1) is 0 Å². The fourth-order valence-corrected chi connectivity index (χ4v) is 3.73. The predicted molar refractivity (Wildman–Crippen MR) is 120 cm³/mol. The Bertz CT molecular complexity index is 778. The van der Waals surface area contributed by atoms with Gasteiger partial charge in [0, 0.05) is 56.2 Å². The largest absolute Gasteiger partial charge is 0.412 e. The molecule has 0 aromatic heterocycles. The van der Waals surface area contributed by atoms with Gasteiger partial charge >= 0.3 is 0 Å². The van der Waals surface area contributed by atoms with Crippen LogP contribution in [0.2, 0.25) is 0 Å². The van der Waals surface area contributed by atoms with E-state index in [2.05, 4.69) is 33.3 Å². The van der Waals surface area contributed by atoms with E-state index in [1.807, 2.05) is 24.3 Å². The number of hydrogen-bond donors (Lipinski definition) is 2. The van der Waals surface area contributed by atoms with Gasteiger partial charge in [0.15, 0.2) is 0 Å². The van der Waals surface area contributed by atoms with Crippen LogP contribution < -0.4 is 16.0 Å². The Labute approximate surface area is 178 Å². The fraction of sp³-hybridized carbons (Fsp3) is 0.350. The van der Waals surface area contributed by atoms with Crippen molar-refractivity contribution in [2.24, 2.45) is 0 Å². The summed E-state index contributed by atoms with van der Waals surface area (Å²) in [6.45, 7) is 5.08. The maximum Gasteiger partial charge on any atom is 0.224 e. The molecular formula is C20H28Cl2N4O2. The summed E-state index contributed by atoms with van der Waals surface area (Å²) in [7, 11) is 0. The summed E-state index contributed by atoms with van der Waals surface area (Å²) in [5, 5.41) is 3.00. The number of nitrogen functional groups attached to an aromatic ring is 1. The number of benzene rings is 2. The van der Waals surface area contributed by atoms with E-state index in [0.717, 1.165) is 50.5 Å². The minimum absolute atomic E-state index is 0. The number of nitrogens with two attached hydrogens (primary N) is 1. The lowest BCUT2D eigenvalue weighted by atomic mass is 10.00. The van der Waals surface area contributed by atoms with Gasteiger partial charge in [0.25, 0.3) is 0 Å². The van der Waals surface area contributed by atoms with Crippen LogP contribution in [-0.2, 0) is 17.8 Å². The normalized spacial score (nSPS) is 16.0. The zero-order valence-corrected chi connectivity index (χ0v) is 17.3. The van der Waals surface area contributed by atoms with Gasteiger partial charge in [-0.2, -0.15) is 0 Å². The molecule has 4 rings (SSSR count). The lowest BCUT2D eigenvalue weighted by Gasteiger charge is -2.38. The molecule has 154 valence electrons. The second-order valence-electron chi connectivity index (χ2n) is 6.86. The summed E-state index contributed by atoms with van der Waals surface area (Å²) in [6.07, 6.45) is 1.42. The van der Waals surface area contributed by atoms with Crippen LogP contribution in [0.5, 0.6) is 0 Å². The second-order valence-corrected chi connectivity index (χ2v) is 6.86. The van der Waals surface area contributed by atoms with Crippen LogP contribution in [0.1, 0.15) is 17.5 Å². The summed E-state index contributed by atoms with van der Waals surface area (Å²) in [4.78, 5) is 16.6. The molecule has 8 heteroatoms. The molecule has 0 bridgehead atoms. The molecule has 2 aliphatic heterocycles. The number of carbonyl (C=O) groups excluding carboxylic acids is 1. The van der Waals surface area contributed by atoms with E-state index in [1.165, 1.54) is 16.8 Å². The van der Waals surface area contributed by atoms with E-state index in [-0.39, 0.29) is 36.2 Å². The van der Waals surface area contributed by atoms with Crippen molar-refractivity contribution < 1.29 is 10.3 Å². The third-order valence-electron chi connectivity index (χ3n) is 5.13. The number of piperazine rings is 1.